The standard InChI is InChI=1S/C24H20N6O/c31-24(22-15-20(29-30-22)17-10-6-7-13-25-17)28-21(14-16-8-2-1-3-9-16)23-26-18-11-4-5-12-19(18)27-23/h1-13,15,21H,14H2,(H,26,27)(H,28,31)(H,29,30). The average molecular weight is 408 g/mol. The highest BCUT2D eigenvalue weighted by atomic mass is 16.2. The van der Waals surface area contributed by atoms with Gasteiger partial charge in [-0.25, -0.2) is 4.98 Å². The van der Waals surface area contributed by atoms with Gasteiger partial charge >= 0.3 is 0 Å². The molecule has 3 heterocycles. The van der Waals surface area contributed by atoms with Gasteiger partial charge in [-0.15, -0.1) is 0 Å². The van der Waals surface area contributed by atoms with Crippen molar-refractivity contribution in [3.63, 3.8) is 0 Å². The Kier molecular flexibility index (Phi) is 4.98. The van der Waals surface area contributed by atoms with E-state index in [4.69, 9.17) is 4.98 Å². The van der Waals surface area contributed by atoms with E-state index in [1.807, 2.05) is 72.8 Å². The van der Waals surface area contributed by atoms with Crippen molar-refractivity contribution in [2.45, 2.75) is 12.5 Å². The van der Waals surface area contributed by atoms with Crippen molar-refractivity contribution >= 4 is 16.9 Å². The zero-order chi connectivity index (χ0) is 21.0. The number of carbonyl (C=O) groups is 1. The number of hydrogen-bond donors (Lipinski definition) is 3. The Morgan fingerprint density at radius 3 is 2.55 bits per heavy atom. The average Bonchev–Trinajstić information content (AvgIpc) is 3.48. The normalized spacial score (nSPS) is 12.0. The van der Waals surface area contributed by atoms with Gasteiger partial charge in [-0.1, -0.05) is 48.5 Å². The summed E-state index contributed by atoms with van der Waals surface area (Å²) in [6.45, 7) is 0. The number of hydrogen-bond acceptors (Lipinski definition) is 4. The molecule has 31 heavy (non-hydrogen) atoms. The van der Waals surface area contributed by atoms with Gasteiger partial charge in [0, 0.05) is 6.20 Å². The predicted molar refractivity (Wildman–Crippen MR) is 118 cm³/mol. The van der Waals surface area contributed by atoms with Crippen molar-refractivity contribution < 1.29 is 4.79 Å². The van der Waals surface area contributed by atoms with Gasteiger partial charge < -0.3 is 10.3 Å². The third-order valence-corrected chi connectivity index (χ3v) is 5.08. The molecule has 0 saturated carbocycles. The first kappa shape index (κ1) is 18.7. The number of benzene rings is 2. The number of aromatic nitrogens is 5. The number of para-hydroxylation sites is 2. The molecule has 1 atom stereocenters. The van der Waals surface area contributed by atoms with Crippen LogP contribution in [0.2, 0.25) is 0 Å². The lowest BCUT2D eigenvalue weighted by Gasteiger charge is -2.16. The molecule has 5 aromatic rings. The maximum absolute atomic E-state index is 13.0. The fraction of sp³-hybridized carbons (Fsp3) is 0.0833. The SMILES string of the molecule is O=C(NC(Cc1ccccc1)c1nc2ccccc2[nH]1)c1cc(-c2ccccn2)n[nH]1. The summed E-state index contributed by atoms with van der Waals surface area (Å²) in [6.07, 6.45) is 2.30. The summed E-state index contributed by atoms with van der Waals surface area (Å²) in [7, 11) is 0. The molecular formula is C24H20N6O. The molecule has 3 N–H and O–H groups in total. The third-order valence-electron chi connectivity index (χ3n) is 5.08. The molecule has 7 nitrogen and oxygen atoms in total. The van der Waals surface area contributed by atoms with Crippen LogP contribution in [-0.4, -0.2) is 31.1 Å². The molecule has 0 radical (unpaired) electrons. The van der Waals surface area contributed by atoms with E-state index < -0.39 is 0 Å². The molecule has 2 aromatic carbocycles. The topological polar surface area (TPSA) is 99.3 Å². The summed E-state index contributed by atoms with van der Waals surface area (Å²) in [5.74, 6) is 0.457. The predicted octanol–water partition coefficient (Wildman–Crippen LogP) is 4.06. The summed E-state index contributed by atoms with van der Waals surface area (Å²) < 4.78 is 0. The molecule has 7 heteroatoms. The minimum absolute atomic E-state index is 0.254. The Morgan fingerprint density at radius 1 is 0.935 bits per heavy atom. The lowest BCUT2D eigenvalue weighted by atomic mass is 10.1. The molecule has 0 aliphatic carbocycles. The van der Waals surface area contributed by atoms with E-state index in [1.54, 1.807) is 12.3 Å². The van der Waals surface area contributed by atoms with Crippen molar-refractivity contribution in [2.75, 3.05) is 0 Å². The molecule has 0 saturated heterocycles. The molecule has 5 rings (SSSR count). The highest BCUT2D eigenvalue weighted by molar-refractivity contribution is 5.93. The number of aromatic amines is 2. The first-order valence-electron chi connectivity index (χ1n) is 10.0. The number of fused-ring (bicyclic) bond motifs is 1. The van der Waals surface area contributed by atoms with Crippen molar-refractivity contribution in [3.8, 4) is 11.4 Å². The van der Waals surface area contributed by atoms with Crippen LogP contribution in [0.4, 0.5) is 0 Å². The number of nitrogens with zero attached hydrogens (tertiary/aromatic N) is 3. The lowest BCUT2D eigenvalue weighted by Crippen LogP contribution is -2.31. The highest BCUT2D eigenvalue weighted by Crippen LogP contribution is 2.21. The van der Waals surface area contributed by atoms with Crippen molar-refractivity contribution in [2.24, 2.45) is 0 Å². The Balaban J connectivity index is 1.42. The quantitative estimate of drug-likeness (QED) is 0.394. The van der Waals surface area contributed by atoms with Gasteiger partial charge in [-0.05, 0) is 42.3 Å². The van der Waals surface area contributed by atoms with Gasteiger partial charge in [0.1, 0.15) is 17.2 Å². The van der Waals surface area contributed by atoms with Crippen molar-refractivity contribution in [1.29, 1.82) is 0 Å². The molecule has 1 amide bonds. The van der Waals surface area contributed by atoms with E-state index >= 15 is 0 Å². The monoisotopic (exact) mass is 408 g/mol. The van der Waals surface area contributed by atoms with Gasteiger partial charge in [-0.3, -0.25) is 14.9 Å². The first-order chi connectivity index (χ1) is 15.3. The van der Waals surface area contributed by atoms with E-state index in [0.29, 0.717) is 29.3 Å². The highest BCUT2D eigenvalue weighted by Gasteiger charge is 2.21. The van der Waals surface area contributed by atoms with Crippen LogP contribution in [0, 0.1) is 0 Å². The molecule has 0 aliphatic rings. The van der Waals surface area contributed by atoms with Gasteiger partial charge in [0.2, 0.25) is 0 Å². The number of amides is 1. The number of pyridine rings is 1. The van der Waals surface area contributed by atoms with E-state index in [0.717, 1.165) is 16.6 Å². The van der Waals surface area contributed by atoms with Crippen LogP contribution >= 0.6 is 0 Å². The number of nitrogens with one attached hydrogen (secondary N) is 3. The second kappa shape index (κ2) is 8.23. The molecule has 152 valence electrons. The third kappa shape index (κ3) is 4.06. The Hall–Kier alpha value is -4.26. The first-order valence-corrected chi connectivity index (χ1v) is 10.0. The number of imidazole rings is 1. The van der Waals surface area contributed by atoms with Crippen molar-refractivity contribution in [3.05, 3.63) is 102 Å². The van der Waals surface area contributed by atoms with Crippen molar-refractivity contribution in [1.82, 2.24) is 30.5 Å². The van der Waals surface area contributed by atoms with Crippen LogP contribution in [-0.2, 0) is 6.42 Å². The van der Waals surface area contributed by atoms with Gasteiger partial charge in [-0.2, -0.15) is 5.10 Å². The van der Waals surface area contributed by atoms with Crippen LogP contribution in [0.1, 0.15) is 27.9 Å². The fourth-order valence-corrected chi connectivity index (χ4v) is 3.52. The molecule has 3 aromatic heterocycles. The minimum Gasteiger partial charge on any atom is -0.340 e. The summed E-state index contributed by atoms with van der Waals surface area (Å²) >= 11 is 0. The van der Waals surface area contributed by atoms with Crippen LogP contribution in [0.25, 0.3) is 22.4 Å². The van der Waals surface area contributed by atoms with Crippen LogP contribution < -0.4 is 5.32 Å². The molecule has 0 fully saturated rings. The second-order valence-corrected chi connectivity index (χ2v) is 7.24. The second-order valence-electron chi connectivity index (χ2n) is 7.24. The number of rotatable bonds is 6. The molecular weight excluding hydrogens is 388 g/mol. The Morgan fingerprint density at radius 2 is 1.74 bits per heavy atom. The largest absolute Gasteiger partial charge is 0.340 e. The molecule has 0 spiro atoms. The van der Waals surface area contributed by atoms with Crippen LogP contribution in [0.15, 0.2) is 85.1 Å². The molecule has 0 aliphatic heterocycles. The minimum atomic E-state index is -0.330. The fourth-order valence-electron chi connectivity index (χ4n) is 3.52. The van der Waals surface area contributed by atoms with Crippen LogP contribution in [0.3, 0.4) is 0 Å². The Bertz CT molecular complexity index is 1280. The molecule has 0 bridgehead atoms. The summed E-state index contributed by atoms with van der Waals surface area (Å²) in [4.78, 5) is 25.4. The summed E-state index contributed by atoms with van der Waals surface area (Å²) in [6, 6.07) is 24.8. The van der Waals surface area contributed by atoms with Gasteiger partial charge in [0.15, 0.2) is 0 Å². The summed E-state index contributed by atoms with van der Waals surface area (Å²) in [5.41, 5.74) is 4.60. The zero-order valence-electron chi connectivity index (χ0n) is 16.6. The number of H-pyrrole nitrogens is 2. The Labute approximate surface area is 178 Å². The number of carbonyl (C=O) groups excluding carboxylic acids is 1. The van der Waals surface area contributed by atoms with E-state index in [2.05, 4.69) is 25.5 Å². The van der Waals surface area contributed by atoms with E-state index in [-0.39, 0.29) is 11.9 Å². The van der Waals surface area contributed by atoms with E-state index in [9.17, 15) is 4.79 Å². The zero-order valence-corrected chi connectivity index (χ0v) is 16.6. The maximum atomic E-state index is 13.0. The maximum Gasteiger partial charge on any atom is 0.269 e. The van der Waals surface area contributed by atoms with Crippen LogP contribution in [0.5, 0.6) is 0 Å². The van der Waals surface area contributed by atoms with E-state index in [1.165, 1.54) is 0 Å². The summed E-state index contributed by atoms with van der Waals surface area (Å²) in [5, 5.41) is 10.2. The van der Waals surface area contributed by atoms with Gasteiger partial charge in [0.25, 0.3) is 5.91 Å². The smallest absolute Gasteiger partial charge is 0.269 e. The molecule has 1 unspecified atom stereocenters. The lowest BCUT2D eigenvalue weighted by molar-refractivity contribution is 0.0930. The van der Waals surface area contributed by atoms with Gasteiger partial charge in [0.05, 0.1) is 22.8 Å².